The first-order chi connectivity index (χ1) is 9.94. The molecule has 1 fully saturated rings. The van der Waals surface area contributed by atoms with Gasteiger partial charge in [-0.15, -0.1) is 0 Å². The van der Waals surface area contributed by atoms with Crippen LogP contribution in [-0.2, 0) is 10.4 Å². The minimum atomic E-state index is -1.31. The van der Waals surface area contributed by atoms with Gasteiger partial charge in [0.1, 0.15) is 17.0 Å². The molecule has 0 aliphatic carbocycles. The lowest BCUT2D eigenvalue weighted by Gasteiger charge is -2.35. The fourth-order valence-electron chi connectivity index (χ4n) is 3.02. The number of fused-ring (bicyclic) bond motifs is 2. The molecule has 1 spiro atoms. The number of carbonyl (C=O) groups excluding carboxylic acids is 1. The lowest BCUT2D eigenvalue weighted by Crippen LogP contribution is -2.51. The molecule has 3 heterocycles. The molecular weight excluding hydrogens is 278 g/mol. The maximum Gasteiger partial charge on any atom is 0.409 e. The van der Waals surface area contributed by atoms with Gasteiger partial charge in [0.05, 0.1) is 13.2 Å². The van der Waals surface area contributed by atoms with Gasteiger partial charge in [0.2, 0.25) is 0 Å². The van der Waals surface area contributed by atoms with Gasteiger partial charge in [0.15, 0.2) is 0 Å². The van der Waals surface area contributed by atoms with Gasteiger partial charge in [-0.3, -0.25) is 19.5 Å². The number of aromatic nitrogens is 1. The molecular formula is C13H15N3O5. The second kappa shape index (κ2) is 4.59. The number of ether oxygens (including phenoxy) is 1. The Hall–Kier alpha value is -2.35. The van der Waals surface area contributed by atoms with Gasteiger partial charge in [0, 0.05) is 12.8 Å². The first kappa shape index (κ1) is 13.6. The van der Waals surface area contributed by atoms with E-state index < -0.39 is 17.3 Å². The van der Waals surface area contributed by atoms with Crippen molar-refractivity contribution in [2.75, 3.05) is 18.5 Å². The molecule has 1 saturated heterocycles. The summed E-state index contributed by atoms with van der Waals surface area (Å²) in [5.74, 6) is -0.312. The van der Waals surface area contributed by atoms with E-state index in [1.54, 1.807) is 6.92 Å². The molecule has 0 radical (unpaired) electrons. The van der Waals surface area contributed by atoms with E-state index in [2.05, 4.69) is 10.6 Å². The number of aryl methyl sites for hydroxylation is 1. The number of rotatable bonds is 1. The van der Waals surface area contributed by atoms with E-state index in [4.69, 9.17) is 9.84 Å². The lowest BCUT2D eigenvalue weighted by atomic mass is 10.0. The molecule has 112 valence electrons. The Labute approximate surface area is 119 Å². The fourth-order valence-corrected chi connectivity index (χ4v) is 3.02. The van der Waals surface area contributed by atoms with E-state index >= 15 is 0 Å². The van der Waals surface area contributed by atoms with Crippen molar-refractivity contribution in [3.63, 3.8) is 0 Å². The number of hydrogen-bond acceptors (Lipinski definition) is 4. The molecule has 0 atom stereocenters. The summed E-state index contributed by atoms with van der Waals surface area (Å²) in [6, 6.07) is 1.39. The normalized spacial score (nSPS) is 19.2. The van der Waals surface area contributed by atoms with Crippen molar-refractivity contribution < 1.29 is 19.4 Å². The van der Waals surface area contributed by atoms with Gasteiger partial charge in [-0.1, -0.05) is 0 Å². The Morgan fingerprint density at radius 2 is 2.10 bits per heavy atom. The lowest BCUT2D eigenvalue weighted by molar-refractivity contribution is 0.0120. The fraction of sp³-hybridized carbons (Fsp3) is 0.462. The predicted octanol–water partition coefficient (Wildman–Crippen LogP) is 0.453. The molecule has 0 aromatic carbocycles. The van der Waals surface area contributed by atoms with E-state index in [1.807, 2.05) is 0 Å². The third-order valence-electron chi connectivity index (χ3n) is 3.94. The molecule has 1 aromatic rings. The topological polar surface area (TPSA) is 110 Å². The second-order valence-electron chi connectivity index (χ2n) is 5.26. The highest BCUT2D eigenvalue weighted by Crippen LogP contribution is 2.33. The van der Waals surface area contributed by atoms with Gasteiger partial charge in [-0.25, -0.2) is 4.79 Å². The van der Waals surface area contributed by atoms with Crippen LogP contribution in [0.4, 0.5) is 10.5 Å². The summed E-state index contributed by atoms with van der Waals surface area (Å²) >= 11 is 0. The van der Waals surface area contributed by atoms with Crippen LogP contribution in [-0.4, -0.2) is 34.9 Å². The van der Waals surface area contributed by atoms with Crippen molar-refractivity contribution in [2.45, 2.75) is 25.4 Å². The molecule has 0 bridgehead atoms. The van der Waals surface area contributed by atoms with E-state index in [0.717, 1.165) is 0 Å². The molecule has 1 aromatic heterocycles. The smallest absolute Gasteiger partial charge is 0.409 e. The minimum Gasteiger partial charge on any atom is -0.465 e. The molecule has 0 saturated carbocycles. The highest BCUT2D eigenvalue weighted by Gasteiger charge is 2.45. The van der Waals surface area contributed by atoms with Gasteiger partial charge in [-0.05, 0) is 18.6 Å². The van der Waals surface area contributed by atoms with Crippen molar-refractivity contribution in [3.05, 3.63) is 27.7 Å². The average Bonchev–Trinajstić information content (AvgIpc) is 2.69. The molecule has 3 N–H and O–H groups in total. The van der Waals surface area contributed by atoms with E-state index in [0.29, 0.717) is 31.6 Å². The first-order valence-corrected chi connectivity index (χ1v) is 6.62. The summed E-state index contributed by atoms with van der Waals surface area (Å²) in [4.78, 5) is 35.6. The van der Waals surface area contributed by atoms with E-state index in [1.165, 1.54) is 10.6 Å². The summed E-state index contributed by atoms with van der Waals surface area (Å²) in [7, 11) is 0. The minimum absolute atomic E-state index is 0.0499. The largest absolute Gasteiger partial charge is 0.465 e. The summed E-state index contributed by atoms with van der Waals surface area (Å²) in [6.45, 7) is 2.54. The average molecular weight is 293 g/mol. The standard InChI is InChI=1S/C13H15N3O5/c1-7-6-8(14-12(19)20)11(18)16-9(7)10(17)15-13(16)2-4-21-5-3-13/h6,14H,2-5H2,1H3,(H,15,17)(H,19,20). The molecule has 2 aliphatic heterocycles. The number of amides is 2. The van der Waals surface area contributed by atoms with Crippen molar-refractivity contribution in [1.29, 1.82) is 0 Å². The number of nitrogens with one attached hydrogen (secondary N) is 2. The summed E-state index contributed by atoms with van der Waals surface area (Å²) < 4.78 is 6.68. The van der Waals surface area contributed by atoms with Crippen molar-refractivity contribution in [3.8, 4) is 0 Å². The zero-order valence-corrected chi connectivity index (χ0v) is 11.4. The molecule has 2 amide bonds. The number of pyridine rings is 1. The van der Waals surface area contributed by atoms with Gasteiger partial charge in [-0.2, -0.15) is 0 Å². The third-order valence-corrected chi connectivity index (χ3v) is 3.94. The van der Waals surface area contributed by atoms with E-state index in [-0.39, 0.29) is 17.3 Å². The monoisotopic (exact) mass is 293 g/mol. The molecule has 8 heteroatoms. The van der Waals surface area contributed by atoms with Crippen LogP contribution in [0.1, 0.15) is 28.9 Å². The molecule has 21 heavy (non-hydrogen) atoms. The van der Waals surface area contributed by atoms with Crippen molar-refractivity contribution in [2.24, 2.45) is 0 Å². The van der Waals surface area contributed by atoms with E-state index in [9.17, 15) is 14.4 Å². The maximum absolute atomic E-state index is 12.6. The van der Waals surface area contributed by atoms with Crippen LogP contribution in [0.3, 0.4) is 0 Å². The second-order valence-corrected chi connectivity index (χ2v) is 5.26. The van der Waals surface area contributed by atoms with Crippen LogP contribution in [0.15, 0.2) is 10.9 Å². The van der Waals surface area contributed by atoms with Gasteiger partial charge < -0.3 is 15.2 Å². The quantitative estimate of drug-likeness (QED) is 0.696. The Bertz CT molecular complexity index is 688. The predicted molar refractivity (Wildman–Crippen MR) is 72.6 cm³/mol. The number of carboxylic acid groups (broad SMARTS) is 1. The molecule has 0 unspecified atom stereocenters. The van der Waals surface area contributed by atoms with Crippen molar-refractivity contribution >= 4 is 17.7 Å². The summed E-state index contributed by atoms with van der Waals surface area (Å²) in [5, 5.41) is 13.8. The van der Waals surface area contributed by atoms with Gasteiger partial charge in [0.25, 0.3) is 11.5 Å². The Morgan fingerprint density at radius 3 is 2.71 bits per heavy atom. The van der Waals surface area contributed by atoms with Crippen molar-refractivity contribution in [1.82, 2.24) is 9.88 Å². The van der Waals surface area contributed by atoms with Crippen LogP contribution < -0.4 is 16.2 Å². The molecule has 8 nitrogen and oxygen atoms in total. The SMILES string of the molecule is Cc1cc(NC(=O)O)c(=O)n2c1C(=O)NC21CCOCC1. The number of anilines is 1. The summed E-state index contributed by atoms with van der Waals surface area (Å²) in [6.07, 6.45) is -0.367. The number of nitrogens with zero attached hydrogens (tertiary/aromatic N) is 1. The Kier molecular flexibility index (Phi) is 2.98. The van der Waals surface area contributed by atoms with Crippen LogP contribution in [0.25, 0.3) is 0 Å². The van der Waals surface area contributed by atoms with Crippen LogP contribution in [0.5, 0.6) is 0 Å². The van der Waals surface area contributed by atoms with Crippen LogP contribution >= 0.6 is 0 Å². The zero-order valence-electron chi connectivity index (χ0n) is 11.4. The van der Waals surface area contributed by atoms with Crippen LogP contribution in [0, 0.1) is 6.92 Å². The highest BCUT2D eigenvalue weighted by atomic mass is 16.5. The summed E-state index contributed by atoms with van der Waals surface area (Å²) in [5.41, 5.74) is -0.538. The first-order valence-electron chi connectivity index (χ1n) is 6.62. The number of hydrogen-bond donors (Lipinski definition) is 3. The maximum atomic E-state index is 12.6. The highest BCUT2D eigenvalue weighted by molar-refractivity contribution is 5.97. The number of carbonyl (C=O) groups is 2. The zero-order chi connectivity index (χ0) is 15.2. The Morgan fingerprint density at radius 1 is 1.43 bits per heavy atom. The Balaban J connectivity index is 2.22. The molecule has 2 aliphatic rings. The van der Waals surface area contributed by atoms with Crippen LogP contribution in [0.2, 0.25) is 0 Å². The van der Waals surface area contributed by atoms with Gasteiger partial charge >= 0.3 is 6.09 Å². The molecule has 3 rings (SSSR count). The third kappa shape index (κ3) is 1.99.